The standard InChI is InChI=1S/C9H12O.C9H10O.C8H8O.3CH4/c2*1-2-9(10)8-6-4-3-5-7-8;1-7(9)8-5-3-2-4-6-8;;;/h3-7,9-10H,2H2,1H3;2-7,9-10H,1H2;2-6H,1H3;3*1H4. The molecular formula is C29H42O3. The SMILES string of the molecule is C.C.C.C=CC(O)c1ccccc1.CC(=O)c1ccccc1.CCC(O)c1ccccc1. The van der Waals surface area contributed by atoms with Gasteiger partial charge in [-0.15, -0.1) is 6.58 Å². The molecule has 3 aromatic carbocycles. The Morgan fingerprint density at radius 3 is 1.47 bits per heavy atom. The van der Waals surface area contributed by atoms with Crippen molar-refractivity contribution in [2.24, 2.45) is 0 Å². The Labute approximate surface area is 196 Å². The van der Waals surface area contributed by atoms with Crippen molar-refractivity contribution in [1.29, 1.82) is 0 Å². The number of Topliss-reactive ketones (excluding diaryl/α,β-unsaturated/α-hetero) is 1. The molecule has 0 aliphatic carbocycles. The number of benzene rings is 3. The lowest BCUT2D eigenvalue weighted by Gasteiger charge is -2.05. The number of ketones is 1. The molecule has 0 fully saturated rings. The minimum Gasteiger partial charge on any atom is -0.388 e. The summed E-state index contributed by atoms with van der Waals surface area (Å²) in [4.78, 5) is 10.6. The van der Waals surface area contributed by atoms with Crippen LogP contribution >= 0.6 is 0 Å². The molecule has 176 valence electrons. The van der Waals surface area contributed by atoms with Crippen LogP contribution in [-0.4, -0.2) is 16.0 Å². The van der Waals surface area contributed by atoms with Gasteiger partial charge in [0.05, 0.1) is 12.2 Å². The van der Waals surface area contributed by atoms with Gasteiger partial charge in [0.1, 0.15) is 0 Å². The van der Waals surface area contributed by atoms with E-state index >= 15 is 0 Å². The maximum atomic E-state index is 10.6. The van der Waals surface area contributed by atoms with E-state index in [0.29, 0.717) is 0 Å². The molecule has 3 rings (SSSR count). The maximum Gasteiger partial charge on any atom is 0.159 e. The smallest absolute Gasteiger partial charge is 0.159 e. The van der Waals surface area contributed by atoms with E-state index in [1.807, 2.05) is 97.9 Å². The molecule has 3 nitrogen and oxygen atoms in total. The minimum absolute atomic E-state index is 0. The summed E-state index contributed by atoms with van der Waals surface area (Å²) in [5.41, 5.74) is 2.67. The second-order valence-corrected chi connectivity index (χ2v) is 6.35. The Morgan fingerprint density at radius 2 is 1.16 bits per heavy atom. The molecule has 0 aliphatic rings. The first-order valence-corrected chi connectivity index (χ1v) is 9.64. The molecule has 2 N–H and O–H groups in total. The van der Waals surface area contributed by atoms with Crippen LogP contribution in [0.25, 0.3) is 0 Å². The van der Waals surface area contributed by atoms with Gasteiger partial charge in [0.2, 0.25) is 0 Å². The fourth-order valence-corrected chi connectivity index (χ4v) is 2.37. The predicted octanol–water partition coefficient (Wildman–Crippen LogP) is 7.83. The minimum atomic E-state index is -0.527. The van der Waals surface area contributed by atoms with E-state index in [1.54, 1.807) is 6.92 Å². The first-order chi connectivity index (χ1) is 14.0. The zero-order valence-corrected chi connectivity index (χ0v) is 17.1. The normalized spacial score (nSPS) is 10.5. The number of rotatable bonds is 5. The molecule has 0 aromatic heterocycles. The van der Waals surface area contributed by atoms with E-state index in [-0.39, 0.29) is 34.2 Å². The molecule has 0 radical (unpaired) electrons. The molecule has 0 heterocycles. The van der Waals surface area contributed by atoms with Gasteiger partial charge in [-0.3, -0.25) is 4.79 Å². The van der Waals surface area contributed by atoms with Crippen molar-refractivity contribution in [3.8, 4) is 0 Å². The van der Waals surface area contributed by atoms with Crippen LogP contribution in [0.4, 0.5) is 0 Å². The van der Waals surface area contributed by atoms with Crippen LogP contribution in [0.1, 0.15) is 76.2 Å². The number of hydrogen-bond donors (Lipinski definition) is 2. The van der Waals surface area contributed by atoms with Gasteiger partial charge in [0.25, 0.3) is 0 Å². The molecule has 0 spiro atoms. The second-order valence-electron chi connectivity index (χ2n) is 6.35. The van der Waals surface area contributed by atoms with Gasteiger partial charge >= 0.3 is 0 Å². The molecule has 0 amide bonds. The Morgan fingerprint density at radius 1 is 0.781 bits per heavy atom. The summed E-state index contributed by atoms with van der Waals surface area (Å²) in [6, 6.07) is 28.4. The summed E-state index contributed by atoms with van der Waals surface area (Å²) in [6.07, 6.45) is 1.47. The summed E-state index contributed by atoms with van der Waals surface area (Å²) < 4.78 is 0. The van der Waals surface area contributed by atoms with Crippen molar-refractivity contribution < 1.29 is 15.0 Å². The lowest BCUT2D eigenvalue weighted by molar-refractivity contribution is 0.101. The van der Waals surface area contributed by atoms with Gasteiger partial charge < -0.3 is 10.2 Å². The van der Waals surface area contributed by atoms with Crippen LogP contribution in [0.15, 0.2) is 104 Å². The summed E-state index contributed by atoms with van der Waals surface area (Å²) in [5, 5.41) is 18.5. The highest BCUT2D eigenvalue weighted by Crippen LogP contribution is 2.14. The van der Waals surface area contributed by atoms with Gasteiger partial charge in [-0.2, -0.15) is 0 Å². The maximum absolute atomic E-state index is 10.6. The Kier molecular flexibility index (Phi) is 20.9. The number of aliphatic hydroxyl groups is 2. The summed E-state index contributed by atoms with van der Waals surface area (Å²) >= 11 is 0. The first-order valence-electron chi connectivity index (χ1n) is 9.64. The largest absolute Gasteiger partial charge is 0.388 e. The van der Waals surface area contributed by atoms with Crippen LogP contribution in [0.5, 0.6) is 0 Å². The van der Waals surface area contributed by atoms with E-state index in [0.717, 1.165) is 23.1 Å². The van der Waals surface area contributed by atoms with Crippen LogP contribution in [0, 0.1) is 0 Å². The number of carbonyl (C=O) groups is 1. The van der Waals surface area contributed by atoms with Crippen molar-refractivity contribution in [2.45, 2.75) is 54.8 Å². The Hall–Kier alpha value is -3.01. The van der Waals surface area contributed by atoms with Crippen molar-refractivity contribution in [2.75, 3.05) is 0 Å². The molecule has 0 saturated heterocycles. The van der Waals surface area contributed by atoms with Crippen molar-refractivity contribution >= 4 is 5.78 Å². The van der Waals surface area contributed by atoms with Gasteiger partial charge in [0, 0.05) is 5.56 Å². The fraction of sp³-hybridized carbons (Fsp3) is 0.276. The first kappa shape index (κ1) is 33.6. The molecule has 0 saturated carbocycles. The number of hydrogen-bond acceptors (Lipinski definition) is 3. The molecule has 3 heteroatoms. The molecule has 0 bridgehead atoms. The van der Waals surface area contributed by atoms with Crippen molar-refractivity contribution in [3.05, 3.63) is 120 Å². The molecule has 3 aromatic rings. The zero-order chi connectivity index (χ0) is 21.5. The van der Waals surface area contributed by atoms with E-state index < -0.39 is 6.10 Å². The van der Waals surface area contributed by atoms with Crippen LogP contribution in [0.2, 0.25) is 0 Å². The van der Waals surface area contributed by atoms with Crippen LogP contribution < -0.4 is 0 Å². The average molecular weight is 439 g/mol. The zero-order valence-electron chi connectivity index (χ0n) is 17.1. The summed E-state index contributed by atoms with van der Waals surface area (Å²) in [6.45, 7) is 7.02. The molecule has 0 aliphatic heterocycles. The van der Waals surface area contributed by atoms with E-state index in [4.69, 9.17) is 0 Å². The van der Waals surface area contributed by atoms with Crippen LogP contribution in [-0.2, 0) is 0 Å². The van der Waals surface area contributed by atoms with E-state index in [1.165, 1.54) is 6.08 Å². The van der Waals surface area contributed by atoms with Crippen molar-refractivity contribution in [3.63, 3.8) is 0 Å². The lowest BCUT2D eigenvalue weighted by atomic mass is 10.1. The second kappa shape index (κ2) is 19.9. The monoisotopic (exact) mass is 438 g/mol. The summed E-state index contributed by atoms with van der Waals surface area (Å²) in [7, 11) is 0. The lowest BCUT2D eigenvalue weighted by Crippen LogP contribution is -1.93. The third kappa shape index (κ3) is 13.3. The van der Waals surface area contributed by atoms with E-state index in [2.05, 4.69) is 6.58 Å². The number of carbonyl (C=O) groups excluding carboxylic acids is 1. The van der Waals surface area contributed by atoms with Crippen LogP contribution in [0.3, 0.4) is 0 Å². The number of aliphatic hydroxyl groups excluding tert-OH is 2. The average Bonchev–Trinajstić information content (AvgIpc) is 2.80. The molecule has 32 heavy (non-hydrogen) atoms. The molecular weight excluding hydrogens is 396 g/mol. The Balaban J connectivity index is -0.000000377. The third-order valence-electron chi connectivity index (χ3n) is 4.12. The van der Waals surface area contributed by atoms with Crippen molar-refractivity contribution in [1.82, 2.24) is 0 Å². The topological polar surface area (TPSA) is 57.5 Å². The van der Waals surface area contributed by atoms with Gasteiger partial charge in [0.15, 0.2) is 5.78 Å². The predicted molar refractivity (Wildman–Crippen MR) is 140 cm³/mol. The fourth-order valence-electron chi connectivity index (χ4n) is 2.37. The third-order valence-corrected chi connectivity index (χ3v) is 4.12. The van der Waals surface area contributed by atoms with E-state index in [9.17, 15) is 15.0 Å². The van der Waals surface area contributed by atoms with Gasteiger partial charge in [-0.05, 0) is 24.5 Å². The highest BCUT2D eigenvalue weighted by molar-refractivity contribution is 5.93. The Bertz CT molecular complexity index is 815. The molecule has 2 atom stereocenters. The van der Waals surface area contributed by atoms with Gasteiger partial charge in [-0.25, -0.2) is 0 Å². The highest BCUT2D eigenvalue weighted by Gasteiger charge is 2.01. The van der Waals surface area contributed by atoms with Gasteiger partial charge in [-0.1, -0.05) is 126 Å². The molecule has 2 unspecified atom stereocenters. The highest BCUT2D eigenvalue weighted by atomic mass is 16.3. The quantitative estimate of drug-likeness (QED) is 0.315. The summed E-state index contributed by atoms with van der Waals surface area (Å²) in [5.74, 6) is 0.121.